The predicted molar refractivity (Wildman–Crippen MR) is 110 cm³/mol. The number of primary amides is 1. The molecule has 1 aliphatic rings. The van der Waals surface area contributed by atoms with Crippen molar-refractivity contribution >= 4 is 16.9 Å². The molecule has 1 saturated heterocycles. The van der Waals surface area contributed by atoms with Gasteiger partial charge in [0.25, 0.3) is 0 Å². The third-order valence-electron chi connectivity index (χ3n) is 5.71. The molecule has 28 heavy (non-hydrogen) atoms. The first-order chi connectivity index (χ1) is 13.6. The Balaban J connectivity index is 1.65. The van der Waals surface area contributed by atoms with Gasteiger partial charge in [-0.1, -0.05) is 30.3 Å². The molecule has 0 radical (unpaired) electrons. The van der Waals surface area contributed by atoms with E-state index in [1.54, 1.807) is 7.11 Å². The lowest BCUT2D eigenvalue weighted by Gasteiger charge is -2.30. The summed E-state index contributed by atoms with van der Waals surface area (Å²) in [5, 5.41) is 1.07. The Labute approximate surface area is 165 Å². The summed E-state index contributed by atoms with van der Waals surface area (Å²) in [5.74, 6) is 1.59. The smallest absolute Gasteiger partial charge is 0.220 e. The lowest BCUT2D eigenvalue weighted by atomic mass is 9.95. The van der Waals surface area contributed by atoms with Gasteiger partial charge >= 0.3 is 0 Å². The second kappa shape index (κ2) is 7.68. The number of carbonyl (C=O) groups is 1. The number of benzene rings is 2. The Bertz CT molecular complexity index is 986. The molecule has 1 fully saturated rings. The molecule has 5 heteroatoms. The van der Waals surface area contributed by atoms with Gasteiger partial charge in [-0.05, 0) is 50.6 Å². The molecule has 4 rings (SSSR count). The minimum absolute atomic E-state index is 0.00165. The van der Waals surface area contributed by atoms with Crippen LogP contribution in [0.1, 0.15) is 24.2 Å². The standard InChI is InChI=1S/C23H26N2O3/c1-15-22(16-6-4-3-5-7-16)19-13-20(27-2)18(12-21(19)28-15)14-25-10-8-17(9-11-25)23(24)26/h3-7,12-13,17H,8-11,14H2,1-2H3,(H2,24,26). The number of nitrogens with zero attached hydrogens (tertiary/aromatic N) is 1. The van der Waals surface area contributed by atoms with Crippen molar-refractivity contribution in [1.82, 2.24) is 4.90 Å². The number of aryl methyl sites for hydroxylation is 1. The van der Waals surface area contributed by atoms with E-state index in [4.69, 9.17) is 14.9 Å². The number of hydrogen-bond donors (Lipinski definition) is 1. The first kappa shape index (κ1) is 18.6. The highest BCUT2D eigenvalue weighted by molar-refractivity contribution is 5.97. The Hall–Kier alpha value is -2.79. The van der Waals surface area contributed by atoms with Crippen molar-refractivity contribution < 1.29 is 13.9 Å². The van der Waals surface area contributed by atoms with Crippen LogP contribution in [0.5, 0.6) is 5.75 Å². The number of amides is 1. The zero-order valence-corrected chi connectivity index (χ0v) is 16.4. The zero-order chi connectivity index (χ0) is 19.7. The van der Waals surface area contributed by atoms with E-state index >= 15 is 0 Å². The van der Waals surface area contributed by atoms with E-state index in [-0.39, 0.29) is 11.8 Å². The number of ether oxygens (including phenoxy) is 1. The van der Waals surface area contributed by atoms with Crippen molar-refractivity contribution in [3.05, 3.63) is 53.8 Å². The van der Waals surface area contributed by atoms with Crippen LogP contribution in [0.2, 0.25) is 0 Å². The van der Waals surface area contributed by atoms with E-state index in [9.17, 15) is 4.79 Å². The summed E-state index contributed by atoms with van der Waals surface area (Å²) in [6.45, 7) is 4.50. The van der Waals surface area contributed by atoms with Gasteiger partial charge in [-0.2, -0.15) is 0 Å². The lowest BCUT2D eigenvalue weighted by Crippen LogP contribution is -2.38. The lowest BCUT2D eigenvalue weighted by molar-refractivity contribution is -0.123. The topological polar surface area (TPSA) is 68.7 Å². The van der Waals surface area contributed by atoms with Gasteiger partial charge in [0.1, 0.15) is 17.1 Å². The van der Waals surface area contributed by atoms with E-state index in [1.807, 2.05) is 25.1 Å². The molecule has 0 aliphatic carbocycles. The molecule has 2 N–H and O–H groups in total. The number of likely N-dealkylation sites (tertiary alicyclic amines) is 1. The molecular formula is C23H26N2O3. The molecule has 0 atom stereocenters. The molecule has 2 heterocycles. The van der Waals surface area contributed by atoms with Gasteiger partial charge in [-0.3, -0.25) is 9.69 Å². The molecule has 1 amide bonds. The van der Waals surface area contributed by atoms with Crippen molar-refractivity contribution in [1.29, 1.82) is 0 Å². The number of fused-ring (bicyclic) bond motifs is 1. The van der Waals surface area contributed by atoms with Crippen LogP contribution in [0.15, 0.2) is 46.9 Å². The number of methoxy groups -OCH3 is 1. The van der Waals surface area contributed by atoms with Crippen molar-refractivity contribution in [3.63, 3.8) is 0 Å². The minimum Gasteiger partial charge on any atom is -0.496 e. The second-order valence-corrected chi connectivity index (χ2v) is 7.51. The molecule has 146 valence electrons. The molecule has 3 aromatic rings. The van der Waals surface area contributed by atoms with Crippen LogP contribution < -0.4 is 10.5 Å². The number of furan rings is 1. The van der Waals surface area contributed by atoms with Crippen molar-refractivity contribution in [2.75, 3.05) is 20.2 Å². The molecule has 1 aromatic heterocycles. The maximum absolute atomic E-state index is 11.4. The predicted octanol–water partition coefficient (Wildman–Crippen LogP) is 4.11. The van der Waals surface area contributed by atoms with Crippen LogP contribution in [-0.4, -0.2) is 31.0 Å². The van der Waals surface area contributed by atoms with Crippen LogP contribution in [0, 0.1) is 12.8 Å². The molecule has 0 spiro atoms. The summed E-state index contributed by atoms with van der Waals surface area (Å²) < 4.78 is 11.8. The first-order valence-electron chi connectivity index (χ1n) is 9.74. The monoisotopic (exact) mass is 378 g/mol. The molecule has 0 bridgehead atoms. The fourth-order valence-electron chi connectivity index (χ4n) is 4.18. The van der Waals surface area contributed by atoms with Crippen LogP contribution >= 0.6 is 0 Å². The van der Waals surface area contributed by atoms with Gasteiger partial charge in [0.05, 0.1) is 7.11 Å². The highest BCUT2D eigenvalue weighted by Crippen LogP contribution is 2.38. The van der Waals surface area contributed by atoms with Gasteiger partial charge < -0.3 is 14.9 Å². The van der Waals surface area contributed by atoms with E-state index in [0.29, 0.717) is 0 Å². The fourth-order valence-corrected chi connectivity index (χ4v) is 4.18. The Morgan fingerprint density at radius 2 is 1.93 bits per heavy atom. The third-order valence-corrected chi connectivity index (χ3v) is 5.71. The van der Waals surface area contributed by atoms with E-state index < -0.39 is 0 Å². The highest BCUT2D eigenvalue weighted by atomic mass is 16.5. The van der Waals surface area contributed by atoms with Crippen LogP contribution in [0.3, 0.4) is 0 Å². The molecule has 0 saturated carbocycles. The van der Waals surface area contributed by atoms with Gasteiger partial charge in [0.2, 0.25) is 5.91 Å². The van der Waals surface area contributed by atoms with Crippen LogP contribution in [0.25, 0.3) is 22.1 Å². The summed E-state index contributed by atoms with van der Waals surface area (Å²) in [4.78, 5) is 13.7. The average molecular weight is 378 g/mol. The number of nitrogens with two attached hydrogens (primary N) is 1. The average Bonchev–Trinajstić information content (AvgIpc) is 3.03. The van der Waals surface area contributed by atoms with E-state index in [1.165, 1.54) is 0 Å². The summed E-state index contributed by atoms with van der Waals surface area (Å²) >= 11 is 0. The van der Waals surface area contributed by atoms with Crippen molar-refractivity contribution in [3.8, 4) is 16.9 Å². The third kappa shape index (κ3) is 3.50. The molecular weight excluding hydrogens is 352 g/mol. The summed E-state index contributed by atoms with van der Waals surface area (Å²) in [6, 6.07) is 14.5. The van der Waals surface area contributed by atoms with Crippen LogP contribution in [-0.2, 0) is 11.3 Å². The van der Waals surface area contributed by atoms with Crippen LogP contribution in [0.4, 0.5) is 0 Å². The highest BCUT2D eigenvalue weighted by Gasteiger charge is 2.24. The first-order valence-corrected chi connectivity index (χ1v) is 9.74. The van der Waals surface area contributed by atoms with Crippen molar-refractivity contribution in [2.24, 2.45) is 11.7 Å². The Morgan fingerprint density at radius 1 is 1.21 bits per heavy atom. The normalized spacial score (nSPS) is 15.8. The van der Waals surface area contributed by atoms with Gasteiger partial charge in [0.15, 0.2) is 0 Å². The number of hydrogen-bond acceptors (Lipinski definition) is 4. The summed E-state index contributed by atoms with van der Waals surface area (Å²) in [7, 11) is 1.71. The van der Waals surface area contributed by atoms with Gasteiger partial charge in [0, 0.05) is 29.0 Å². The van der Waals surface area contributed by atoms with E-state index in [2.05, 4.69) is 29.2 Å². The summed E-state index contributed by atoms with van der Waals surface area (Å²) in [5.41, 5.74) is 9.67. The molecule has 5 nitrogen and oxygen atoms in total. The Morgan fingerprint density at radius 3 is 2.57 bits per heavy atom. The van der Waals surface area contributed by atoms with Gasteiger partial charge in [-0.15, -0.1) is 0 Å². The number of rotatable bonds is 5. The zero-order valence-electron chi connectivity index (χ0n) is 16.4. The van der Waals surface area contributed by atoms with Gasteiger partial charge in [-0.25, -0.2) is 0 Å². The number of carbonyl (C=O) groups excluding carboxylic acids is 1. The SMILES string of the molecule is COc1cc2c(-c3ccccc3)c(C)oc2cc1CN1CCC(C(N)=O)CC1. The largest absolute Gasteiger partial charge is 0.496 e. The Kier molecular flexibility index (Phi) is 5.09. The quantitative estimate of drug-likeness (QED) is 0.725. The molecule has 0 unspecified atom stereocenters. The van der Waals surface area contributed by atoms with E-state index in [0.717, 1.165) is 71.6 Å². The molecule has 1 aliphatic heterocycles. The maximum atomic E-state index is 11.4. The minimum atomic E-state index is -0.182. The number of piperidine rings is 1. The second-order valence-electron chi connectivity index (χ2n) is 7.51. The molecule has 2 aromatic carbocycles. The summed E-state index contributed by atoms with van der Waals surface area (Å²) in [6.07, 6.45) is 1.63. The van der Waals surface area contributed by atoms with Crippen molar-refractivity contribution in [2.45, 2.75) is 26.3 Å². The fraction of sp³-hybridized carbons (Fsp3) is 0.348. The maximum Gasteiger partial charge on any atom is 0.220 e.